The van der Waals surface area contributed by atoms with Gasteiger partial charge >= 0.3 is 12.2 Å². The monoisotopic (exact) mass is 508 g/mol. The summed E-state index contributed by atoms with van der Waals surface area (Å²) in [5, 5.41) is 13.7. The summed E-state index contributed by atoms with van der Waals surface area (Å²) in [6.07, 6.45) is 0.458. The largest absolute Gasteiger partial charge is 0.439 e. The van der Waals surface area contributed by atoms with Crippen LogP contribution in [0.3, 0.4) is 0 Å². The number of fused-ring (bicyclic) bond motifs is 1. The summed E-state index contributed by atoms with van der Waals surface area (Å²) in [7, 11) is 1.76. The normalized spacial score (nSPS) is 12.5. The van der Waals surface area contributed by atoms with E-state index in [1.54, 1.807) is 48.3 Å². The fraction of sp³-hybridized carbons (Fsp3) is 0.120. The van der Waals surface area contributed by atoms with Gasteiger partial charge in [-0.3, -0.25) is 4.57 Å². The van der Waals surface area contributed by atoms with Gasteiger partial charge in [0.1, 0.15) is 17.9 Å². The van der Waals surface area contributed by atoms with Gasteiger partial charge < -0.3 is 19.7 Å². The summed E-state index contributed by atoms with van der Waals surface area (Å²) in [4.78, 5) is 25.0. The lowest BCUT2D eigenvalue weighted by molar-refractivity contribution is -0.137. The number of ether oxygens (including phenoxy) is 1. The third-order valence-corrected chi connectivity index (χ3v) is 5.59. The van der Waals surface area contributed by atoms with Gasteiger partial charge in [-0.25, -0.2) is 19.7 Å². The first-order valence-corrected chi connectivity index (χ1v) is 10.9. The van der Waals surface area contributed by atoms with E-state index >= 15 is 0 Å². The molecule has 3 aromatic heterocycles. The minimum absolute atomic E-state index is 0.0222. The molecule has 5 aromatic rings. The van der Waals surface area contributed by atoms with Crippen LogP contribution in [0.1, 0.15) is 23.2 Å². The molecule has 0 aliphatic carbocycles. The number of nitrogens with one attached hydrogen (secondary N) is 1. The fourth-order valence-corrected chi connectivity index (χ4v) is 3.77. The van der Waals surface area contributed by atoms with E-state index in [0.29, 0.717) is 28.2 Å². The molecule has 0 aliphatic rings. The minimum atomic E-state index is -4.52. The molecular formula is C25H19F3N6O3. The molecule has 37 heavy (non-hydrogen) atoms. The van der Waals surface area contributed by atoms with Crippen LogP contribution in [0.15, 0.2) is 79.5 Å². The van der Waals surface area contributed by atoms with Crippen LogP contribution in [-0.4, -0.2) is 35.2 Å². The Morgan fingerprint density at radius 1 is 1.05 bits per heavy atom. The van der Waals surface area contributed by atoms with Crippen LogP contribution in [0.4, 0.5) is 23.7 Å². The van der Waals surface area contributed by atoms with Gasteiger partial charge in [-0.15, -0.1) is 0 Å². The number of nitrogens with zero attached hydrogens (tertiary/aromatic N) is 5. The molecule has 5 rings (SSSR count). The van der Waals surface area contributed by atoms with Gasteiger partial charge in [0.05, 0.1) is 16.8 Å². The predicted molar refractivity (Wildman–Crippen MR) is 127 cm³/mol. The van der Waals surface area contributed by atoms with Crippen molar-refractivity contribution in [1.82, 2.24) is 24.1 Å². The Balaban J connectivity index is 1.33. The van der Waals surface area contributed by atoms with Crippen LogP contribution in [0.2, 0.25) is 0 Å². The summed E-state index contributed by atoms with van der Waals surface area (Å²) in [5.74, 6) is 1.02. The first-order chi connectivity index (χ1) is 17.7. The number of carbonyl (C=O) groups is 1. The molecule has 9 nitrogen and oxygen atoms in total. The summed E-state index contributed by atoms with van der Waals surface area (Å²) in [5.41, 5.74) is -0.0121. The van der Waals surface area contributed by atoms with Crippen molar-refractivity contribution in [3.05, 3.63) is 96.6 Å². The molecule has 2 N–H and O–H groups in total. The highest BCUT2D eigenvalue weighted by atomic mass is 19.4. The molecule has 1 atom stereocenters. The van der Waals surface area contributed by atoms with E-state index < -0.39 is 23.9 Å². The van der Waals surface area contributed by atoms with Crippen LogP contribution < -0.4 is 10.1 Å². The van der Waals surface area contributed by atoms with Crippen molar-refractivity contribution in [2.45, 2.75) is 12.3 Å². The van der Waals surface area contributed by atoms with Crippen molar-refractivity contribution in [2.24, 2.45) is 7.05 Å². The van der Waals surface area contributed by atoms with Crippen molar-refractivity contribution in [3.63, 3.8) is 0 Å². The number of halogens is 3. The van der Waals surface area contributed by atoms with Crippen molar-refractivity contribution in [1.29, 1.82) is 0 Å². The number of anilines is 1. The van der Waals surface area contributed by atoms with Gasteiger partial charge in [-0.05, 0) is 42.5 Å². The number of rotatable bonds is 5. The number of aliphatic hydroxyl groups excluding tert-OH is 1. The molecule has 0 spiro atoms. The van der Waals surface area contributed by atoms with E-state index in [-0.39, 0.29) is 11.6 Å². The van der Waals surface area contributed by atoms with E-state index in [1.165, 1.54) is 35.3 Å². The minimum Gasteiger partial charge on any atom is -0.439 e. The fourth-order valence-electron chi connectivity index (χ4n) is 3.77. The standard InChI is InChI=1S/C25H19F3N6O3/c1-33-10-8-29-23(33)22(35)19-13-21(31-14-30-19)37-18-5-6-20-15(11-18)7-9-34(20)24(36)32-17-4-2-3-16(12-17)25(26,27)28/h2-14,22,35H,1H3,(H,32,36). The molecule has 0 fully saturated rings. The van der Waals surface area contributed by atoms with Crippen LogP contribution in [0.25, 0.3) is 10.9 Å². The van der Waals surface area contributed by atoms with Gasteiger partial charge in [-0.2, -0.15) is 13.2 Å². The van der Waals surface area contributed by atoms with Gasteiger partial charge in [-0.1, -0.05) is 6.07 Å². The highest BCUT2D eigenvalue weighted by Gasteiger charge is 2.30. The molecule has 1 unspecified atom stereocenters. The highest BCUT2D eigenvalue weighted by molar-refractivity contribution is 5.98. The maximum absolute atomic E-state index is 13.0. The maximum atomic E-state index is 13.0. The maximum Gasteiger partial charge on any atom is 0.416 e. The number of amides is 1. The number of aromatic nitrogens is 5. The number of imidazole rings is 1. The average Bonchev–Trinajstić information content (AvgIpc) is 3.49. The number of aryl methyl sites for hydroxylation is 1. The van der Waals surface area contributed by atoms with E-state index in [9.17, 15) is 23.1 Å². The average molecular weight is 508 g/mol. The molecular weight excluding hydrogens is 489 g/mol. The lowest BCUT2D eigenvalue weighted by atomic mass is 10.2. The van der Waals surface area contributed by atoms with Crippen LogP contribution in [0, 0.1) is 0 Å². The summed E-state index contributed by atoms with van der Waals surface area (Å²) < 4.78 is 47.7. The van der Waals surface area contributed by atoms with Crippen LogP contribution >= 0.6 is 0 Å². The number of benzene rings is 2. The van der Waals surface area contributed by atoms with Crippen molar-refractivity contribution < 1.29 is 27.8 Å². The molecule has 0 saturated carbocycles. The molecule has 188 valence electrons. The molecule has 2 aromatic carbocycles. The molecule has 0 radical (unpaired) electrons. The number of aliphatic hydroxyl groups is 1. The van der Waals surface area contributed by atoms with Gasteiger partial charge in [0.15, 0.2) is 6.10 Å². The second-order valence-electron chi connectivity index (χ2n) is 8.10. The van der Waals surface area contributed by atoms with E-state index in [2.05, 4.69) is 20.3 Å². The third kappa shape index (κ3) is 5.00. The van der Waals surface area contributed by atoms with E-state index in [1.807, 2.05) is 0 Å². The number of hydrogen-bond acceptors (Lipinski definition) is 6. The zero-order valence-corrected chi connectivity index (χ0v) is 19.2. The van der Waals surface area contributed by atoms with Gasteiger partial charge in [0, 0.05) is 42.8 Å². The van der Waals surface area contributed by atoms with Crippen LogP contribution in [-0.2, 0) is 13.2 Å². The second-order valence-corrected chi connectivity index (χ2v) is 8.10. The summed E-state index contributed by atoms with van der Waals surface area (Å²) >= 11 is 0. The summed E-state index contributed by atoms with van der Waals surface area (Å²) in [6.45, 7) is 0. The van der Waals surface area contributed by atoms with Gasteiger partial charge in [0.2, 0.25) is 5.88 Å². The lowest BCUT2D eigenvalue weighted by Crippen LogP contribution is -2.18. The van der Waals surface area contributed by atoms with Gasteiger partial charge in [0.25, 0.3) is 0 Å². The Kier molecular flexibility index (Phi) is 6.09. The zero-order valence-electron chi connectivity index (χ0n) is 19.2. The first-order valence-electron chi connectivity index (χ1n) is 10.9. The van der Waals surface area contributed by atoms with E-state index in [4.69, 9.17) is 4.74 Å². The molecule has 0 bridgehead atoms. The Labute approximate surface area is 207 Å². The van der Waals surface area contributed by atoms with Crippen molar-refractivity contribution in [2.75, 3.05) is 5.32 Å². The molecule has 12 heteroatoms. The number of hydrogen-bond donors (Lipinski definition) is 2. The number of carbonyl (C=O) groups excluding carboxylic acids is 1. The topological polar surface area (TPSA) is 107 Å². The Morgan fingerprint density at radius 3 is 2.65 bits per heavy atom. The third-order valence-electron chi connectivity index (χ3n) is 5.59. The smallest absolute Gasteiger partial charge is 0.416 e. The summed E-state index contributed by atoms with van der Waals surface area (Å²) in [6, 6.07) is 11.9. The first kappa shape index (κ1) is 24.0. The van der Waals surface area contributed by atoms with Crippen molar-refractivity contribution >= 4 is 22.6 Å². The Hall–Kier alpha value is -4.71. The van der Waals surface area contributed by atoms with Crippen LogP contribution in [0.5, 0.6) is 11.6 Å². The van der Waals surface area contributed by atoms with E-state index in [0.717, 1.165) is 12.1 Å². The quantitative estimate of drug-likeness (QED) is 0.341. The Bertz CT molecular complexity index is 1590. The number of alkyl halides is 3. The molecule has 3 heterocycles. The lowest BCUT2D eigenvalue weighted by Gasteiger charge is -2.12. The zero-order chi connectivity index (χ0) is 26.2. The highest BCUT2D eigenvalue weighted by Crippen LogP contribution is 2.31. The molecule has 1 amide bonds. The van der Waals surface area contributed by atoms with Crippen molar-refractivity contribution in [3.8, 4) is 11.6 Å². The second kappa shape index (κ2) is 9.39. The Morgan fingerprint density at radius 2 is 1.89 bits per heavy atom. The predicted octanol–water partition coefficient (Wildman–Crippen LogP) is 5.14. The SMILES string of the molecule is Cn1ccnc1C(O)c1cc(Oc2ccc3c(ccn3C(=O)Nc3cccc(C(F)(F)F)c3)c2)ncn1. The molecule has 0 saturated heterocycles. The molecule has 0 aliphatic heterocycles.